The molecule has 1 aliphatic heterocycles. The first-order valence-electron chi connectivity index (χ1n) is 8.26. The minimum atomic E-state index is -0.333. The first kappa shape index (κ1) is 18.1. The van der Waals surface area contributed by atoms with E-state index in [2.05, 4.69) is 5.32 Å². The van der Waals surface area contributed by atoms with Crippen molar-refractivity contribution in [2.75, 3.05) is 13.1 Å². The Morgan fingerprint density at radius 3 is 2.17 bits per heavy atom. The van der Waals surface area contributed by atoms with Gasteiger partial charge in [0.2, 0.25) is 5.91 Å². The maximum atomic E-state index is 12.2. The lowest BCUT2D eigenvalue weighted by atomic mass is 9.91. The van der Waals surface area contributed by atoms with Crippen LogP contribution in [0.25, 0.3) is 0 Å². The van der Waals surface area contributed by atoms with Crippen LogP contribution >= 0.6 is 0 Å². The van der Waals surface area contributed by atoms with Gasteiger partial charge in [0.05, 0.1) is 0 Å². The van der Waals surface area contributed by atoms with Crippen LogP contribution in [-0.4, -0.2) is 46.1 Å². The molecule has 0 saturated carbocycles. The van der Waals surface area contributed by atoms with Crippen molar-refractivity contribution in [3.05, 3.63) is 23.8 Å². The van der Waals surface area contributed by atoms with Crippen molar-refractivity contribution in [1.29, 1.82) is 0 Å². The maximum Gasteiger partial charge on any atom is 0.251 e. The zero-order valence-corrected chi connectivity index (χ0v) is 14.5. The number of carbonyl (C=O) groups excluding carboxylic acids is 2. The molecule has 132 valence electrons. The molecule has 1 heterocycles. The summed E-state index contributed by atoms with van der Waals surface area (Å²) in [6.45, 7) is 7.39. The molecule has 2 amide bonds. The number of aromatic hydroxyl groups is 2. The number of nitrogens with zero attached hydrogens (tertiary/aromatic N) is 1. The molecule has 24 heavy (non-hydrogen) atoms. The lowest BCUT2D eigenvalue weighted by Crippen LogP contribution is -2.47. The van der Waals surface area contributed by atoms with Crippen molar-refractivity contribution < 1.29 is 19.8 Å². The highest BCUT2D eigenvalue weighted by Crippen LogP contribution is 2.23. The van der Waals surface area contributed by atoms with Crippen LogP contribution in [0.5, 0.6) is 11.5 Å². The smallest absolute Gasteiger partial charge is 0.251 e. The molecule has 1 aromatic carbocycles. The number of likely N-dealkylation sites (tertiary alicyclic amines) is 1. The van der Waals surface area contributed by atoms with Crippen LogP contribution in [-0.2, 0) is 4.79 Å². The Morgan fingerprint density at radius 1 is 1.12 bits per heavy atom. The summed E-state index contributed by atoms with van der Waals surface area (Å²) in [5.74, 6) is -0.476. The summed E-state index contributed by atoms with van der Waals surface area (Å²) in [6, 6.07) is 3.80. The van der Waals surface area contributed by atoms with E-state index in [0.29, 0.717) is 32.4 Å². The summed E-state index contributed by atoms with van der Waals surface area (Å²) in [7, 11) is 0. The van der Waals surface area contributed by atoms with Crippen molar-refractivity contribution in [3.63, 3.8) is 0 Å². The van der Waals surface area contributed by atoms with Gasteiger partial charge in [-0.25, -0.2) is 0 Å². The summed E-state index contributed by atoms with van der Waals surface area (Å²) in [6.07, 6.45) is 1.92. The molecule has 0 radical (unpaired) electrons. The van der Waals surface area contributed by atoms with Gasteiger partial charge in [-0.15, -0.1) is 0 Å². The number of hydrogen-bond donors (Lipinski definition) is 3. The lowest BCUT2D eigenvalue weighted by Gasteiger charge is -2.34. The molecule has 1 aliphatic rings. The van der Waals surface area contributed by atoms with Gasteiger partial charge in [-0.3, -0.25) is 9.59 Å². The molecule has 2 rings (SSSR count). The Hall–Kier alpha value is -2.24. The number of carbonyl (C=O) groups is 2. The third-order valence-electron chi connectivity index (χ3n) is 4.03. The molecular weight excluding hydrogens is 308 g/mol. The molecule has 0 atom stereocenters. The van der Waals surface area contributed by atoms with Crippen LogP contribution < -0.4 is 5.32 Å². The van der Waals surface area contributed by atoms with Gasteiger partial charge in [0.1, 0.15) is 11.5 Å². The molecule has 3 N–H and O–H groups in total. The Morgan fingerprint density at radius 2 is 1.67 bits per heavy atom. The monoisotopic (exact) mass is 334 g/mol. The lowest BCUT2D eigenvalue weighted by molar-refractivity contribution is -0.134. The molecule has 1 saturated heterocycles. The van der Waals surface area contributed by atoms with Crippen LogP contribution in [0.15, 0.2) is 18.2 Å². The van der Waals surface area contributed by atoms with E-state index in [9.17, 15) is 19.8 Å². The van der Waals surface area contributed by atoms with Crippen molar-refractivity contribution in [2.24, 2.45) is 5.41 Å². The van der Waals surface area contributed by atoms with Crippen molar-refractivity contribution >= 4 is 11.8 Å². The van der Waals surface area contributed by atoms with Gasteiger partial charge in [0, 0.05) is 37.2 Å². The Balaban J connectivity index is 1.86. The van der Waals surface area contributed by atoms with Crippen LogP contribution in [0.3, 0.4) is 0 Å². The zero-order valence-electron chi connectivity index (χ0n) is 14.5. The summed E-state index contributed by atoms with van der Waals surface area (Å²) in [5.41, 5.74) is 0.193. The number of rotatable bonds is 3. The average Bonchev–Trinajstić information content (AvgIpc) is 2.45. The van der Waals surface area contributed by atoms with Crippen LogP contribution in [0.1, 0.15) is 50.4 Å². The largest absolute Gasteiger partial charge is 0.508 e. The van der Waals surface area contributed by atoms with E-state index in [-0.39, 0.29) is 40.3 Å². The number of amides is 2. The van der Waals surface area contributed by atoms with E-state index in [0.717, 1.165) is 0 Å². The molecular formula is C18H26N2O4. The number of piperidine rings is 1. The van der Waals surface area contributed by atoms with Gasteiger partial charge < -0.3 is 20.4 Å². The normalized spacial score (nSPS) is 16.0. The molecule has 1 fully saturated rings. The molecule has 0 spiro atoms. The van der Waals surface area contributed by atoms with E-state index in [1.165, 1.54) is 18.2 Å². The molecule has 6 heteroatoms. The fourth-order valence-corrected chi connectivity index (χ4v) is 2.83. The fraction of sp³-hybridized carbons (Fsp3) is 0.556. The fourth-order valence-electron chi connectivity index (χ4n) is 2.83. The van der Waals surface area contributed by atoms with E-state index in [4.69, 9.17) is 0 Å². The van der Waals surface area contributed by atoms with E-state index in [1.54, 1.807) is 0 Å². The van der Waals surface area contributed by atoms with Crippen LogP contribution in [0.2, 0.25) is 0 Å². The minimum Gasteiger partial charge on any atom is -0.508 e. The average molecular weight is 334 g/mol. The standard InChI is InChI=1S/C18H26N2O4/c1-18(2,3)11-16(23)20-6-4-13(5-7-20)19-17(24)12-8-14(21)10-15(22)9-12/h8-10,13,21-22H,4-7,11H2,1-3H3,(H,19,24). The summed E-state index contributed by atoms with van der Waals surface area (Å²) >= 11 is 0. The second-order valence-electron chi connectivity index (χ2n) is 7.60. The third kappa shape index (κ3) is 5.15. The van der Waals surface area contributed by atoms with E-state index < -0.39 is 0 Å². The third-order valence-corrected chi connectivity index (χ3v) is 4.03. The summed E-state index contributed by atoms with van der Waals surface area (Å²) < 4.78 is 0. The van der Waals surface area contributed by atoms with Gasteiger partial charge in [-0.05, 0) is 30.4 Å². The topological polar surface area (TPSA) is 89.9 Å². The first-order valence-corrected chi connectivity index (χ1v) is 8.26. The quantitative estimate of drug-likeness (QED) is 0.791. The molecule has 0 aliphatic carbocycles. The maximum absolute atomic E-state index is 12.2. The van der Waals surface area contributed by atoms with Crippen molar-refractivity contribution in [3.8, 4) is 11.5 Å². The predicted octanol–water partition coefficient (Wildman–Crippen LogP) is 2.25. The molecule has 1 aromatic rings. The van der Waals surface area contributed by atoms with Gasteiger partial charge in [0.25, 0.3) is 5.91 Å². The molecule has 0 unspecified atom stereocenters. The van der Waals surface area contributed by atoms with Crippen LogP contribution in [0.4, 0.5) is 0 Å². The molecule has 0 bridgehead atoms. The minimum absolute atomic E-state index is 0.0133. The second kappa shape index (κ2) is 7.11. The Bertz CT molecular complexity index is 594. The van der Waals surface area contributed by atoms with Crippen molar-refractivity contribution in [1.82, 2.24) is 10.2 Å². The number of hydrogen-bond acceptors (Lipinski definition) is 4. The van der Waals surface area contributed by atoms with Gasteiger partial charge in [-0.1, -0.05) is 20.8 Å². The number of phenols is 2. The van der Waals surface area contributed by atoms with Crippen LogP contribution in [0, 0.1) is 5.41 Å². The molecule has 0 aromatic heterocycles. The SMILES string of the molecule is CC(C)(C)CC(=O)N1CCC(NC(=O)c2cc(O)cc(O)c2)CC1. The number of nitrogens with one attached hydrogen (secondary N) is 1. The van der Waals surface area contributed by atoms with Gasteiger partial charge in [0.15, 0.2) is 0 Å². The van der Waals surface area contributed by atoms with E-state index in [1.807, 2.05) is 25.7 Å². The Labute approximate surface area is 142 Å². The van der Waals surface area contributed by atoms with Gasteiger partial charge >= 0.3 is 0 Å². The predicted molar refractivity (Wildman–Crippen MR) is 90.9 cm³/mol. The highest BCUT2D eigenvalue weighted by atomic mass is 16.3. The number of phenolic OH excluding ortho intramolecular Hbond substituents is 2. The zero-order chi connectivity index (χ0) is 17.9. The van der Waals surface area contributed by atoms with E-state index >= 15 is 0 Å². The number of benzene rings is 1. The first-order chi connectivity index (χ1) is 11.1. The molecule has 6 nitrogen and oxygen atoms in total. The highest BCUT2D eigenvalue weighted by Gasteiger charge is 2.26. The summed E-state index contributed by atoms with van der Waals surface area (Å²) in [4.78, 5) is 26.3. The Kier molecular flexibility index (Phi) is 5.36. The highest BCUT2D eigenvalue weighted by molar-refractivity contribution is 5.95. The van der Waals surface area contributed by atoms with Crippen molar-refractivity contribution in [2.45, 2.75) is 46.1 Å². The second-order valence-corrected chi connectivity index (χ2v) is 7.60. The summed E-state index contributed by atoms with van der Waals surface area (Å²) in [5, 5.41) is 21.8. The van der Waals surface area contributed by atoms with Gasteiger partial charge in [-0.2, -0.15) is 0 Å².